The number of likely N-dealkylation sites (tertiary alicyclic amines) is 1. The fourth-order valence-corrected chi connectivity index (χ4v) is 4.70. The van der Waals surface area contributed by atoms with Crippen molar-refractivity contribution in [1.29, 1.82) is 0 Å². The first kappa shape index (κ1) is 22.4. The fraction of sp³-hybridized carbons (Fsp3) is 0.500. The monoisotopic (exact) mass is 430 g/mol. The highest BCUT2D eigenvalue weighted by molar-refractivity contribution is 7.13. The maximum atomic E-state index is 12.9. The normalized spacial score (nSPS) is 19.9. The topological polar surface area (TPSA) is 94.6 Å². The summed E-state index contributed by atoms with van der Waals surface area (Å²) in [5.41, 5.74) is 4.92. The lowest BCUT2D eigenvalue weighted by molar-refractivity contribution is -0.140. The number of hydrogen-bond acceptors (Lipinski definition) is 6. The van der Waals surface area contributed by atoms with Gasteiger partial charge in [-0.1, -0.05) is 38.1 Å². The minimum Gasteiger partial charge on any atom is -0.391 e. The van der Waals surface area contributed by atoms with E-state index in [4.69, 9.17) is 0 Å². The van der Waals surface area contributed by atoms with Crippen LogP contribution in [-0.2, 0) is 16.1 Å². The van der Waals surface area contributed by atoms with Crippen molar-refractivity contribution in [2.75, 3.05) is 13.6 Å². The van der Waals surface area contributed by atoms with Gasteiger partial charge in [0.15, 0.2) is 0 Å². The summed E-state index contributed by atoms with van der Waals surface area (Å²) in [5.74, 6) is -0.293. The van der Waals surface area contributed by atoms with Gasteiger partial charge in [-0.25, -0.2) is 4.98 Å². The highest BCUT2D eigenvalue weighted by atomic mass is 32.1. The van der Waals surface area contributed by atoms with Gasteiger partial charge < -0.3 is 20.6 Å². The van der Waals surface area contributed by atoms with Gasteiger partial charge in [-0.2, -0.15) is 0 Å². The van der Waals surface area contributed by atoms with E-state index in [1.54, 1.807) is 18.4 Å². The molecule has 0 saturated carbocycles. The summed E-state index contributed by atoms with van der Waals surface area (Å²) in [6.07, 6.45) is -0.424. The molecule has 1 aliphatic heterocycles. The Morgan fingerprint density at radius 3 is 2.57 bits per heavy atom. The summed E-state index contributed by atoms with van der Waals surface area (Å²) < 4.78 is 0. The molecule has 8 heteroatoms. The molecule has 3 atom stereocenters. The number of aliphatic hydroxyl groups is 1. The maximum Gasteiger partial charge on any atom is 0.243 e. The summed E-state index contributed by atoms with van der Waals surface area (Å²) in [6, 6.07) is 6.98. The molecule has 0 radical (unpaired) electrons. The lowest BCUT2D eigenvalue weighted by atomic mass is 10.0. The fourth-order valence-electron chi connectivity index (χ4n) is 3.89. The van der Waals surface area contributed by atoms with Crippen LogP contribution in [0.4, 0.5) is 0 Å². The number of nitrogens with zero attached hydrogens (tertiary/aromatic N) is 2. The first-order valence-electron chi connectivity index (χ1n) is 10.2. The predicted octanol–water partition coefficient (Wildman–Crippen LogP) is 1.94. The van der Waals surface area contributed by atoms with E-state index < -0.39 is 12.1 Å². The zero-order valence-corrected chi connectivity index (χ0v) is 18.7. The maximum absolute atomic E-state index is 12.9. The number of aliphatic hydroxyl groups excluding tert-OH is 1. The molecule has 1 fully saturated rings. The van der Waals surface area contributed by atoms with E-state index >= 15 is 0 Å². The molecule has 1 aliphatic rings. The van der Waals surface area contributed by atoms with Crippen molar-refractivity contribution < 1.29 is 14.7 Å². The van der Waals surface area contributed by atoms with Crippen molar-refractivity contribution >= 4 is 23.2 Å². The number of carbonyl (C=O) groups is 2. The number of hydrogen-bond donors (Lipinski definition) is 3. The van der Waals surface area contributed by atoms with E-state index in [9.17, 15) is 14.7 Å². The van der Waals surface area contributed by atoms with Crippen LogP contribution in [-0.4, -0.2) is 58.6 Å². The van der Waals surface area contributed by atoms with Crippen molar-refractivity contribution in [3.05, 3.63) is 41.0 Å². The van der Waals surface area contributed by atoms with Crippen LogP contribution in [0.5, 0.6) is 0 Å². The average Bonchev–Trinajstić information content (AvgIpc) is 3.32. The molecule has 2 aromatic rings. The van der Waals surface area contributed by atoms with Crippen molar-refractivity contribution in [2.24, 2.45) is 5.92 Å². The number of thiazole rings is 1. The largest absolute Gasteiger partial charge is 0.391 e. The number of carbonyl (C=O) groups excluding carboxylic acids is 2. The molecule has 162 valence electrons. The Morgan fingerprint density at radius 1 is 1.30 bits per heavy atom. The van der Waals surface area contributed by atoms with Gasteiger partial charge in [-0.05, 0) is 31.0 Å². The van der Waals surface area contributed by atoms with Gasteiger partial charge in [-0.3, -0.25) is 9.59 Å². The van der Waals surface area contributed by atoms with Crippen LogP contribution >= 0.6 is 11.3 Å². The minimum absolute atomic E-state index is 0.0876. The molecular weight excluding hydrogens is 400 g/mol. The molecule has 30 heavy (non-hydrogen) atoms. The Labute approximate surface area is 181 Å². The summed E-state index contributed by atoms with van der Waals surface area (Å²) >= 11 is 1.61. The van der Waals surface area contributed by atoms with Crippen molar-refractivity contribution in [3.8, 4) is 10.4 Å². The third-order valence-electron chi connectivity index (χ3n) is 5.54. The molecule has 1 saturated heterocycles. The number of benzene rings is 1. The average molecular weight is 431 g/mol. The second-order valence-corrected chi connectivity index (χ2v) is 8.94. The molecule has 0 unspecified atom stereocenters. The van der Waals surface area contributed by atoms with Gasteiger partial charge >= 0.3 is 0 Å². The lowest BCUT2D eigenvalue weighted by Crippen LogP contribution is -2.53. The summed E-state index contributed by atoms with van der Waals surface area (Å²) in [7, 11) is 1.74. The second-order valence-electron chi connectivity index (χ2n) is 8.09. The van der Waals surface area contributed by atoms with Crippen LogP contribution in [0.15, 0.2) is 29.8 Å². The van der Waals surface area contributed by atoms with Gasteiger partial charge in [-0.15, -0.1) is 11.3 Å². The summed E-state index contributed by atoms with van der Waals surface area (Å²) in [4.78, 5) is 32.6. The molecule has 1 aromatic carbocycles. The number of rotatable bonds is 7. The number of β-amino-alcohol motifs (C(OH)–C–C–N with tert-alkyl or cyclic N) is 1. The minimum atomic E-state index is -0.684. The Bertz CT molecular complexity index is 881. The number of likely N-dealkylation sites (N-methyl/N-ethyl adjacent to an activating group) is 1. The Morgan fingerprint density at radius 2 is 2.00 bits per heavy atom. The van der Waals surface area contributed by atoms with Crippen LogP contribution in [0.25, 0.3) is 10.4 Å². The van der Waals surface area contributed by atoms with E-state index in [0.717, 1.165) is 21.7 Å². The molecule has 0 spiro atoms. The van der Waals surface area contributed by atoms with Crippen LogP contribution in [0.2, 0.25) is 0 Å². The van der Waals surface area contributed by atoms with Crippen LogP contribution in [0, 0.1) is 12.8 Å². The van der Waals surface area contributed by atoms with Gasteiger partial charge in [0.05, 0.1) is 28.2 Å². The Kier molecular flexibility index (Phi) is 7.23. The third kappa shape index (κ3) is 4.88. The molecular formula is C22H30N4O3S. The Hall–Kier alpha value is -2.29. The van der Waals surface area contributed by atoms with E-state index in [0.29, 0.717) is 6.54 Å². The smallest absolute Gasteiger partial charge is 0.243 e. The highest BCUT2D eigenvalue weighted by Gasteiger charge is 2.41. The van der Waals surface area contributed by atoms with Gasteiger partial charge in [0.2, 0.25) is 11.8 Å². The standard InChI is InChI=1S/C22H30N4O3S/c1-13(2)19(23-4)22(29)26-11-17(27)9-18(26)21(28)24-10-15-5-7-16(8-6-15)20-14(3)25-12-30-20/h5-8,12-13,17-19,23,27H,9-11H2,1-4H3,(H,24,28)/t17-,18+,19-/m1/s1. The predicted molar refractivity (Wildman–Crippen MR) is 118 cm³/mol. The molecule has 0 bridgehead atoms. The van der Waals surface area contributed by atoms with Crippen molar-refractivity contribution in [2.45, 2.75) is 51.9 Å². The molecule has 1 aromatic heterocycles. The molecule has 0 aliphatic carbocycles. The highest BCUT2D eigenvalue weighted by Crippen LogP contribution is 2.27. The molecule has 7 nitrogen and oxygen atoms in total. The lowest BCUT2D eigenvalue weighted by Gasteiger charge is -2.29. The SMILES string of the molecule is CN[C@@H](C(=O)N1C[C@H](O)C[C@H]1C(=O)NCc1ccc(-c2scnc2C)cc1)C(C)C. The quantitative estimate of drug-likeness (QED) is 0.624. The second kappa shape index (κ2) is 9.68. The number of amides is 2. The van der Waals surface area contributed by atoms with Gasteiger partial charge in [0.1, 0.15) is 6.04 Å². The number of nitrogens with one attached hydrogen (secondary N) is 2. The molecule has 3 rings (SSSR count). The van der Waals surface area contributed by atoms with Gasteiger partial charge in [0.25, 0.3) is 0 Å². The van der Waals surface area contributed by atoms with Crippen LogP contribution < -0.4 is 10.6 Å². The first-order valence-corrected chi connectivity index (χ1v) is 11.1. The molecule has 3 N–H and O–H groups in total. The van der Waals surface area contributed by atoms with Crippen molar-refractivity contribution in [3.63, 3.8) is 0 Å². The Balaban J connectivity index is 1.63. The van der Waals surface area contributed by atoms with E-state index in [1.807, 2.05) is 50.5 Å². The summed E-state index contributed by atoms with van der Waals surface area (Å²) in [6.45, 7) is 6.46. The van der Waals surface area contributed by atoms with Crippen molar-refractivity contribution in [1.82, 2.24) is 20.5 Å². The van der Waals surface area contributed by atoms with E-state index in [2.05, 4.69) is 15.6 Å². The van der Waals surface area contributed by atoms with Crippen LogP contribution in [0.1, 0.15) is 31.5 Å². The molecule has 2 heterocycles. The van der Waals surface area contributed by atoms with Gasteiger partial charge in [0, 0.05) is 19.5 Å². The first-order chi connectivity index (χ1) is 14.3. The zero-order valence-electron chi connectivity index (χ0n) is 17.9. The third-order valence-corrected chi connectivity index (χ3v) is 6.51. The van der Waals surface area contributed by atoms with E-state index in [1.165, 1.54) is 4.90 Å². The number of aryl methyl sites for hydroxylation is 1. The van der Waals surface area contributed by atoms with E-state index in [-0.39, 0.29) is 36.7 Å². The number of aromatic nitrogens is 1. The summed E-state index contributed by atoms with van der Waals surface area (Å²) in [5, 5.41) is 16.0. The molecule has 2 amide bonds. The zero-order chi connectivity index (χ0) is 21.8. The van der Waals surface area contributed by atoms with Crippen LogP contribution in [0.3, 0.4) is 0 Å².